The predicted octanol–water partition coefficient (Wildman–Crippen LogP) is 4.05. The van der Waals surface area contributed by atoms with Crippen LogP contribution in [0.5, 0.6) is 0 Å². The van der Waals surface area contributed by atoms with Gasteiger partial charge in [0.25, 0.3) is 0 Å². The van der Waals surface area contributed by atoms with Gasteiger partial charge >= 0.3 is 0 Å². The molecule has 0 aromatic heterocycles. The molecule has 2 aliphatic rings. The monoisotopic (exact) mass is 235 g/mol. The van der Waals surface area contributed by atoms with Crippen LogP contribution in [0.1, 0.15) is 66.2 Å². The number of rotatable bonds is 1. The normalized spacial score (nSPS) is 34.2. The number of nitriles is 1. The van der Waals surface area contributed by atoms with E-state index in [1.165, 1.54) is 19.3 Å². The highest BCUT2D eigenvalue weighted by Crippen LogP contribution is 2.55. The van der Waals surface area contributed by atoms with Crippen molar-refractivity contribution < 1.29 is 4.74 Å². The van der Waals surface area contributed by atoms with E-state index >= 15 is 0 Å². The molecular formula is C15H25NO. The van der Waals surface area contributed by atoms with Crippen LogP contribution in [0.3, 0.4) is 0 Å². The Morgan fingerprint density at radius 1 is 1.06 bits per heavy atom. The molecule has 0 aromatic rings. The molecule has 1 heterocycles. The van der Waals surface area contributed by atoms with Crippen molar-refractivity contribution in [2.75, 3.05) is 0 Å². The topological polar surface area (TPSA) is 33.0 Å². The summed E-state index contributed by atoms with van der Waals surface area (Å²) in [6.45, 7) is 8.64. The minimum Gasteiger partial charge on any atom is -0.369 e. The van der Waals surface area contributed by atoms with Crippen LogP contribution < -0.4 is 0 Å². The summed E-state index contributed by atoms with van der Waals surface area (Å²) in [5.74, 6) is 0.385. The van der Waals surface area contributed by atoms with Gasteiger partial charge in [0.2, 0.25) is 0 Å². The lowest BCUT2D eigenvalue weighted by Crippen LogP contribution is -2.41. The third-order valence-electron chi connectivity index (χ3n) is 4.71. The Bertz CT molecular complexity index is 331. The minimum atomic E-state index is -0.156. The molecule has 1 atom stereocenters. The molecule has 0 bridgehead atoms. The first-order valence-corrected chi connectivity index (χ1v) is 6.93. The van der Waals surface area contributed by atoms with Gasteiger partial charge in [0.15, 0.2) is 0 Å². The smallest absolute Gasteiger partial charge is 0.0693 e. The zero-order chi connectivity index (χ0) is 12.7. The SMILES string of the molecule is CC1(C)CC(C2(C#N)CCCCC2)C(C)(C)O1. The lowest BCUT2D eigenvalue weighted by molar-refractivity contribution is -0.0875. The highest BCUT2D eigenvalue weighted by atomic mass is 16.5. The average Bonchev–Trinajstić information content (AvgIpc) is 2.48. The van der Waals surface area contributed by atoms with E-state index in [1.807, 2.05) is 0 Å². The summed E-state index contributed by atoms with van der Waals surface area (Å²) >= 11 is 0. The maximum Gasteiger partial charge on any atom is 0.0693 e. The van der Waals surface area contributed by atoms with E-state index in [9.17, 15) is 5.26 Å². The number of nitrogens with zero attached hydrogens (tertiary/aromatic N) is 1. The Morgan fingerprint density at radius 2 is 1.65 bits per heavy atom. The first-order valence-electron chi connectivity index (χ1n) is 6.93. The van der Waals surface area contributed by atoms with Crippen molar-refractivity contribution in [2.45, 2.75) is 77.4 Å². The van der Waals surface area contributed by atoms with Crippen LogP contribution in [0.15, 0.2) is 0 Å². The molecule has 2 heteroatoms. The van der Waals surface area contributed by atoms with Crippen molar-refractivity contribution in [3.8, 4) is 6.07 Å². The van der Waals surface area contributed by atoms with E-state index in [-0.39, 0.29) is 16.6 Å². The van der Waals surface area contributed by atoms with Gasteiger partial charge in [0.1, 0.15) is 0 Å². The summed E-state index contributed by atoms with van der Waals surface area (Å²) in [7, 11) is 0. The molecule has 2 rings (SSSR count). The molecule has 1 aliphatic heterocycles. The molecule has 1 aliphatic carbocycles. The second kappa shape index (κ2) is 3.99. The summed E-state index contributed by atoms with van der Waals surface area (Å²) in [5.41, 5.74) is -0.360. The average molecular weight is 235 g/mol. The standard InChI is InChI=1S/C15H25NO/c1-13(2)10-12(14(3,4)17-13)15(11-16)8-6-5-7-9-15/h12H,5-10H2,1-4H3. The third-order valence-corrected chi connectivity index (χ3v) is 4.71. The van der Waals surface area contributed by atoms with Crippen molar-refractivity contribution in [3.63, 3.8) is 0 Å². The first-order chi connectivity index (χ1) is 7.81. The molecule has 1 saturated heterocycles. The van der Waals surface area contributed by atoms with Crippen LogP contribution in [-0.4, -0.2) is 11.2 Å². The molecule has 1 unspecified atom stereocenters. The molecule has 2 fully saturated rings. The van der Waals surface area contributed by atoms with Crippen LogP contribution in [0.2, 0.25) is 0 Å². The van der Waals surface area contributed by atoms with Crippen molar-refractivity contribution in [2.24, 2.45) is 11.3 Å². The van der Waals surface area contributed by atoms with Gasteiger partial charge in [0, 0.05) is 5.92 Å². The lowest BCUT2D eigenvalue weighted by atomic mass is 9.61. The number of ether oxygens (including phenoxy) is 1. The Hall–Kier alpha value is -0.550. The van der Waals surface area contributed by atoms with Crippen LogP contribution >= 0.6 is 0 Å². The second-order valence-corrected chi connectivity index (χ2v) is 7.05. The zero-order valence-corrected chi connectivity index (χ0v) is 11.7. The second-order valence-electron chi connectivity index (χ2n) is 7.05. The zero-order valence-electron chi connectivity index (χ0n) is 11.7. The van der Waals surface area contributed by atoms with Gasteiger partial charge in [-0.15, -0.1) is 0 Å². The fraction of sp³-hybridized carbons (Fsp3) is 0.933. The maximum atomic E-state index is 9.70. The van der Waals surface area contributed by atoms with Crippen LogP contribution in [-0.2, 0) is 4.74 Å². The molecule has 17 heavy (non-hydrogen) atoms. The Labute approximate surface area is 105 Å². The molecule has 0 aromatic carbocycles. The van der Waals surface area contributed by atoms with E-state index in [0.717, 1.165) is 19.3 Å². The lowest BCUT2D eigenvalue weighted by Gasteiger charge is -2.41. The largest absolute Gasteiger partial charge is 0.369 e. The third kappa shape index (κ3) is 2.22. The number of hydrogen-bond donors (Lipinski definition) is 0. The molecule has 0 radical (unpaired) electrons. The van der Waals surface area contributed by atoms with Crippen LogP contribution in [0.4, 0.5) is 0 Å². The molecule has 0 spiro atoms. The summed E-state index contributed by atoms with van der Waals surface area (Å²) in [6, 6.07) is 2.67. The summed E-state index contributed by atoms with van der Waals surface area (Å²) < 4.78 is 6.18. The van der Waals surface area contributed by atoms with Crippen LogP contribution in [0, 0.1) is 22.7 Å². The summed E-state index contributed by atoms with van der Waals surface area (Å²) in [5, 5.41) is 9.70. The van der Waals surface area contributed by atoms with Gasteiger partial charge in [-0.25, -0.2) is 0 Å². The number of hydrogen-bond acceptors (Lipinski definition) is 2. The molecule has 2 nitrogen and oxygen atoms in total. The van der Waals surface area contributed by atoms with Gasteiger partial charge in [-0.3, -0.25) is 0 Å². The Kier molecular flexibility index (Phi) is 3.02. The van der Waals surface area contributed by atoms with E-state index in [1.54, 1.807) is 0 Å². The van der Waals surface area contributed by atoms with Crippen molar-refractivity contribution in [1.29, 1.82) is 5.26 Å². The summed E-state index contributed by atoms with van der Waals surface area (Å²) in [6.07, 6.45) is 6.86. The van der Waals surface area contributed by atoms with Gasteiger partial charge in [-0.05, 0) is 47.0 Å². The minimum absolute atomic E-state index is 0.0739. The summed E-state index contributed by atoms with van der Waals surface area (Å²) in [4.78, 5) is 0. The van der Waals surface area contributed by atoms with Gasteiger partial charge < -0.3 is 4.74 Å². The highest BCUT2D eigenvalue weighted by Gasteiger charge is 2.55. The Balaban J connectivity index is 2.29. The molecule has 96 valence electrons. The van der Waals surface area contributed by atoms with E-state index in [0.29, 0.717) is 5.92 Å². The molecule has 0 amide bonds. The fourth-order valence-corrected chi connectivity index (χ4v) is 4.14. The molecular weight excluding hydrogens is 210 g/mol. The van der Waals surface area contributed by atoms with Crippen molar-refractivity contribution >= 4 is 0 Å². The quantitative estimate of drug-likeness (QED) is 0.686. The first kappa shape index (κ1) is 12.9. The highest BCUT2D eigenvalue weighted by molar-refractivity contribution is 5.12. The van der Waals surface area contributed by atoms with Crippen molar-refractivity contribution in [3.05, 3.63) is 0 Å². The van der Waals surface area contributed by atoms with Crippen molar-refractivity contribution in [1.82, 2.24) is 0 Å². The fourth-order valence-electron chi connectivity index (χ4n) is 4.14. The van der Waals surface area contributed by atoms with E-state index in [4.69, 9.17) is 4.74 Å². The molecule has 0 N–H and O–H groups in total. The van der Waals surface area contributed by atoms with Crippen LogP contribution in [0.25, 0.3) is 0 Å². The van der Waals surface area contributed by atoms with Gasteiger partial charge in [0.05, 0.1) is 22.7 Å². The van der Waals surface area contributed by atoms with E-state index < -0.39 is 0 Å². The Morgan fingerprint density at radius 3 is 2.06 bits per heavy atom. The molecule has 1 saturated carbocycles. The van der Waals surface area contributed by atoms with Gasteiger partial charge in [-0.2, -0.15) is 5.26 Å². The van der Waals surface area contributed by atoms with E-state index in [2.05, 4.69) is 33.8 Å². The predicted molar refractivity (Wildman–Crippen MR) is 68.5 cm³/mol. The maximum absolute atomic E-state index is 9.70. The van der Waals surface area contributed by atoms with Gasteiger partial charge in [-0.1, -0.05) is 19.3 Å².